The molecule has 0 saturated carbocycles. The number of rotatable bonds is 3. The summed E-state index contributed by atoms with van der Waals surface area (Å²) in [5.41, 5.74) is 8.55. The molecule has 1 saturated heterocycles. The lowest BCUT2D eigenvalue weighted by Crippen LogP contribution is -2.50. The van der Waals surface area contributed by atoms with Crippen molar-refractivity contribution in [2.75, 3.05) is 33.9 Å². The van der Waals surface area contributed by atoms with Crippen LogP contribution in [0.25, 0.3) is 0 Å². The van der Waals surface area contributed by atoms with Gasteiger partial charge in [-0.05, 0) is 37.1 Å². The fourth-order valence-electron chi connectivity index (χ4n) is 3.68. The van der Waals surface area contributed by atoms with Crippen molar-refractivity contribution in [1.29, 1.82) is 0 Å². The van der Waals surface area contributed by atoms with Crippen molar-refractivity contribution < 1.29 is 4.79 Å². The standard InChI is InChI=1S/C18H21N5O/c19-13-5-6-17(20-11-13)22-9-7-14(8-10-22)23-16-4-2-1-3-15(16)21-18(23)12-24/h1-6,11-12,14,18,21H,7-10,19H2. The van der Waals surface area contributed by atoms with Gasteiger partial charge in [-0.3, -0.25) is 4.79 Å². The minimum atomic E-state index is -0.270. The number of para-hydroxylation sites is 2. The lowest BCUT2D eigenvalue weighted by atomic mass is 10.0. The molecule has 24 heavy (non-hydrogen) atoms. The summed E-state index contributed by atoms with van der Waals surface area (Å²) < 4.78 is 0. The third-order valence-corrected chi connectivity index (χ3v) is 4.87. The van der Waals surface area contributed by atoms with Gasteiger partial charge in [-0.1, -0.05) is 12.1 Å². The molecule has 2 aromatic rings. The number of carbonyl (C=O) groups is 1. The van der Waals surface area contributed by atoms with Gasteiger partial charge in [0.1, 0.15) is 5.82 Å². The van der Waals surface area contributed by atoms with Crippen molar-refractivity contribution in [3.05, 3.63) is 42.6 Å². The number of hydrogen-bond donors (Lipinski definition) is 2. The topological polar surface area (TPSA) is 74.5 Å². The van der Waals surface area contributed by atoms with Gasteiger partial charge in [0.2, 0.25) is 0 Å². The maximum absolute atomic E-state index is 11.5. The van der Waals surface area contributed by atoms with E-state index in [0.717, 1.165) is 49.4 Å². The van der Waals surface area contributed by atoms with Gasteiger partial charge in [0.15, 0.2) is 12.5 Å². The zero-order chi connectivity index (χ0) is 16.5. The van der Waals surface area contributed by atoms with E-state index in [2.05, 4.69) is 26.2 Å². The van der Waals surface area contributed by atoms with Crippen LogP contribution in [0, 0.1) is 0 Å². The monoisotopic (exact) mass is 323 g/mol. The molecular weight excluding hydrogens is 302 g/mol. The van der Waals surface area contributed by atoms with Crippen molar-refractivity contribution in [1.82, 2.24) is 4.98 Å². The van der Waals surface area contributed by atoms with Crippen LogP contribution in [0.2, 0.25) is 0 Å². The van der Waals surface area contributed by atoms with E-state index >= 15 is 0 Å². The number of aldehydes is 1. The van der Waals surface area contributed by atoms with Gasteiger partial charge in [-0.15, -0.1) is 0 Å². The molecule has 0 bridgehead atoms. The molecule has 0 aliphatic carbocycles. The first-order chi connectivity index (χ1) is 11.8. The number of pyridine rings is 1. The maximum Gasteiger partial charge on any atom is 0.162 e. The first-order valence-corrected chi connectivity index (χ1v) is 8.32. The van der Waals surface area contributed by atoms with Gasteiger partial charge in [0.05, 0.1) is 23.3 Å². The Labute approximate surface area is 141 Å². The van der Waals surface area contributed by atoms with E-state index in [0.29, 0.717) is 11.7 Å². The van der Waals surface area contributed by atoms with Gasteiger partial charge in [0.25, 0.3) is 0 Å². The Balaban J connectivity index is 1.49. The lowest BCUT2D eigenvalue weighted by molar-refractivity contribution is -0.108. The van der Waals surface area contributed by atoms with Crippen molar-refractivity contribution in [3.63, 3.8) is 0 Å². The number of piperidine rings is 1. The number of aromatic nitrogens is 1. The van der Waals surface area contributed by atoms with E-state index in [1.807, 2.05) is 30.3 Å². The van der Waals surface area contributed by atoms with Gasteiger partial charge >= 0.3 is 0 Å². The molecule has 3 N–H and O–H groups in total. The molecule has 1 atom stereocenters. The number of nitrogens with one attached hydrogen (secondary N) is 1. The van der Waals surface area contributed by atoms with Crippen molar-refractivity contribution >= 4 is 29.2 Å². The molecule has 2 aliphatic rings. The second-order valence-electron chi connectivity index (χ2n) is 6.32. The van der Waals surface area contributed by atoms with Crippen molar-refractivity contribution in [2.24, 2.45) is 0 Å². The second-order valence-corrected chi connectivity index (χ2v) is 6.32. The molecule has 124 valence electrons. The molecule has 2 aliphatic heterocycles. The van der Waals surface area contributed by atoms with Crippen LogP contribution >= 0.6 is 0 Å². The minimum absolute atomic E-state index is 0.270. The Morgan fingerprint density at radius 1 is 1.17 bits per heavy atom. The minimum Gasteiger partial charge on any atom is -0.397 e. The molecule has 1 fully saturated rings. The summed E-state index contributed by atoms with van der Waals surface area (Å²) in [5, 5.41) is 3.30. The summed E-state index contributed by atoms with van der Waals surface area (Å²) in [4.78, 5) is 20.4. The largest absolute Gasteiger partial charge is 0.397 e. The smallest absolute Gasteiger partial charge is 0.162 e. The van der Waals surface area contributed by atoms with Gasteiger partial charge in [0, 0.05) is 19.1 Å². The predicted molar refractivity (Wildman–Crippen MR) is 96.3 cm³/mol. The molecule has 6 nitrogen and oxygen atoms in total. The van der Waals surface area contributed by atoms with Crippen molar-refractivity contribution in [3.8, 4) is 0 Å². The molecule has 6 heteroatoms. The molecule has 3 heterocycles. The van der Waals surface area contributed by atoms with Crippen LogP contribution in [0.3, 0.4) is 0 Å². The molecule has 0 spiro atoms. The van der Waals surface area contributed by atoms with E-state index < -0.39 is 0 Å². The van der Waals surface area contributed by atoms with E-state index in [4.69, 9.17) is 5.73 Å². The molecule has 1 aromatic heterocycles. The Morgan fingerprint density at radius 3 is 2.67 bits per heavy atom. The number of nitrogens with zero attached hydrogens (tertiary/aromatic N) is 3. The van der Waals surface area contributed by atoms with E-state index in [1.54, 1.807) is 6.20 Å². The van der Waals surface area contributed by atoms with Crippen LogP contribution in [0.1, 0.15) is 12.8 Å². The Morgan fingerprint density at radius 2 is 1.96 bits per heavy atom. The zero-order valence-corrected chi connectivity index (χ0v) is 13.4. The number of anilines is 4. The van der Waals surface area contributed by atoms with Crippen molar-refractivity contribution in [2.45, 2.75) is 25.0 Å². The van der Waals surface area contributed by atoms with E-state index in [-0.39, 0.29) is 6.17 Å². The Hall–Kier alpha value is -2.76. The van der Waals surface area contributed by atoms with Crippen LogP contribution in [-0.4, -0.2) is 36.6 Å². The average Bonchev–Trinajstić information content (AvgIpc) is 3.01. The van der Waals surface area contributed by atoms with Crippen LogP contribution in [0.4, 0.5) is 22.9 Å². The highest BCUT2D eigenvalue weighted by Gasteiger charge is 2.35. The zero-order valence-electron chi connectivity index (χ0n) is 13.4. The van der Waals surface area contributed by atoms with Crippen LogP contribution in [0.15, 0.2) is 42.6 Å². The molecule has 0 amide bonds. The SMILES string of the molecule is Nc1ccc(N2CCC(N3c4ccccc4NC3C=O)CC2)nc1. The summed E-state index contributed by atoms with van der Waals surface area (Å²) in [6.07, 6.45) is 4.41. The predicted octanol–water partition coefficient (Wildman–Crippen LogP) is 2.09. The summed E-state index contributed by atoms with van der Waals surface area (Å²) >= 11 is 0. The molecule has 4 rings (SSSR count). The van der Waals surface area contributed by atoms with Gasteiger partial charge in [-0.25, -0.2) is 4.98 Å². The summed E-state index contributed by atoms with van der Waals surface area (Å²) in [6.45, 7) is 1.84. The first-order valence-electron chi connectivity index (χ1n) is 8.32. The van der Waals surface area contributed by atoms with Gasteiger partial charge in [-0.2, -0.15) is 0 Å². The van der Waals surface area contributed by atoms with Crippen LogP contribution < -0.4 is 20.9 Å². The average molecular weight is 323 g/mol. The fraction of sp³-hybridized carbons (Fsp3) is 0.333. The van der Waals surface area contributed by atoms with E-state index in [1.165, 1.54) is 0 Å². The highest BCUT2D eigenvalue weighted by molar-refractivity contribution is 5.84. The Bertz CT molecular complexity index is 724. The van der Waals surface area contributed by atoms with Crippen LogP contribution in [0.5, 0.6) is 0 Å². The molecule has 1 aromatic carbocycles. The second kappa shape index (κ2) is 6.03. The number of carbonyl (C=O) groups excluding carboxylic acids is 1. The fourth-order valence-corrected chi connectivity index (χ4v) is 3.68. The third kappa shape index (κ3) is 2.54. The highest BCUT2D eigenvalue weighted by Crippen LogP contribution is 2.37. The lowest BCUT2D eigenvalue weighted by Gasteiger charge is -2.39. The molecule has 1 unspecified atom stereocenters. The highest BCUT2D eigenvalue weighted by atomic mass is 16.1. The molecular formula is C18H21N5O. The number of nitrogens with two attached hydrogens (primary N) is 1. The van der Waals surface area contributed by atoms with E-state index in [9.17, 15) is 4.79 Å². The maximum atomic E-state index is 11.5. The number of fused-ring (bicyclic) bond motifs is 1. The normalized spacial score (nSPS) is 20.6. The summed E-state index contributed by atoms with van der Waals surface area (Å²) in [6, 6.07) is 12.3. The number of nitrogen functional groups attached to an aromatic ring is 1. The molecule has 0 radical (unpaired) electrons. The van der Waals surface area contributed by atoms with Gasteiger partial charge < -0.3 is 20.9 Å². The number of benzene rings is 1. The Kier molecular flexibility index (Phi) is 3.72. The third-order valence-electron chi connectivity index (χ3n) is 4.87. The summed E-state index contributed by atoms with van der Waals surface area (Å²) in [7, 11) is 0. The summed E-state index contributed by atoms with van der Waals surface area (Å²) in [5.74, 6) is 0.967. The quantitative estimate of drug-likeness (QED) is 0.843. The number of hydrogen-bond acceptors (Lipinski definition) is 6. The van der Waals surface area contributed by atoms with Crippen LogP contribution in [-0.2, 0) is 4.79 Å². The first kappa shape index (κ1) is 14.8.